The van der Waals surface area contributed by atoms with Crippen molar-refractivity contribution in [3.8, 4) is 0 Å². The molecule has 0 spiro atoms. The molecule has 22 heavy (non-hydrogen) atoms. The highest BCUT2D eigenvalue weighted by Crippen LogP contribution is 2.21. The first-order chi connectivity index (χ1) is 10.6. The summed E-state index contributed by atoms with van der Waals surface area (Å²) < 4.78 is 5.05. The van der Waals surface area contributed by atoms with E-state index in [1.54, 1.807) is 4.90 Å². The van der Waals surface area contributed by atoms with Crippen LogP contribution in [0.25, 0.3) is 0 Å². The normalized spacial score (nSPS) is 21.0. The lowest BCUT2D eigenvalue weighted by atomic mass is 10.0. The summed E-state index contributed by atoms with van der Waals surface area (Å²) in [5.41, 5.74) is 1.77. The number of hydrogen-bond donors (Lipinski definition) is 0. The van der Waals surface area contributed by atoms with Crippen molar-refractivity contribution in [2.45, 2.75) is 12.6 Å². The number of fused-ring (bicyclic) bond motifs is 1. The van der Waals surface area contributed by atoms with Crippen molar-refractivity contribution in [3.63, 3.8) is 0 Å². The number of rotatable bonds is 3. The van der Waals surface area contributed by atoms with Crippen LogP contribution in [0, 0.1) is 0 Å². The summed E-state index contributed by atoms with van der Waals surface area (Å²) in [5.74, 6) is 0.0384. The van der Waals surface area contributed by atoms with Crippen LogP contribution in [0.5, 0.6) is 0 Å². The highest BCUT2D eigenvalue weighted by atomic mass is 16.6. The number of piperazine rings is 1. The van der Waals surface area contributed by atoms with Gasteiger partial charge >= 0.3 is 6.09 Å². The Morgan fingerprint density at radius 3 is 2.86 bits per heavy atom. The van der Waals surface area contributed by atoms with Gasteiger partial charge in [0.15, 0.2) is 0 Å². The zero-order valence-corrected chi connectivity index (χ0v) is 13.0. The zero-order chi connectivity index (χ0) is 15.7. The Hall–Kier alpha value is -2.08. The molecule has 0 unspecified atom stereocenters. The summed E-state index contributed by atoms with van der Waals surface area (Å²) in [7, 11) is 3.98. The Labute approximate surface area is 130 Å². The summed E-state index contributed by atoms with van der Waals surface area (Å²) in [5, 5.41) is 0. The highest BCUT2D eigenvalue weighted by Gasteiger charge is 2.39. The Bertz CT molecular complexity index is 588. The summed E-state index contributed by atoms with van der Waals surface area (Å²) >= 11 is 0. The SMILES string of the molecule is CN(C)Cc1ccccc1C(=O)N1CCN2C(=O)OC[C@H]2C1. The first-order valence-electron chi connectivity index (χ1n) is 7.51. The van der Waals surface area contributed by atoms with Gasteiger partial charge in [-0.25, -0.2) is 4.79 Å². The van der Waals surface area contributed by atoms with Crippen LogP contribution >= 0.6 is 0 Å². The van der Waals surface area contributed by atoms with Gasteiger partial charge in [-0.05, 0) is 25.7 Å². The molecule has 1 aromatic carbocycles. The molecule has 2 fully saturated rings. The fourth-order valence-corrected chi connectivity index (χ4v) is 3.05. The number of carbonyl (C=O) groups excluding carboxylic acids is 2. The predicted octanol–water partition coefficient (Wildman–Crippen LogP) is 1.02. The molecule has 0 saturated carbocycles. The van der Waals surface area contributed by atoms with E-state index in [-0.39, 0.29) is 18.0 Å². The molecule has 6 nitrogen and oxygen atoms in total. The molecule has 6 heteroatoms. The van der Waals surface area contributed by atoms with E-state index < -0.39 is 0 Å². The quantitative estimate of drug-likeness (QED) is 0.837. The van der Waals surface area contributed by atoms with Gasteiger partial charge < -0.3 is 14.5 Å². The van der Waals surface area contributed by atoms with Crippen LogP contribution in [0.1, 0.15) is 15.9 Å². The van der Waals surface area contributed by atoms with E-state index in [1.165, 1.54) is 0 Å². The maximum Gasteiger partial charge on any atom is 0.410 e. The van der Waals surface area contributed by atoms with Crippen LogP contribution in [0.15, 0.2) is 24.3 Å². The Balaban J connectivity index is 1.76. The Morgan fingerprint density at radius 1 is 1.32 bits per heavy atom. The molecule has 2 aliphatic rings. The zero-order valence-electron chi connectivity index (χ0n) is 13.0. The second kappa shape index (κ2) is 5.96. The minimum Gasteiger partial charge on any atom is -0.447 e. The molecule has 0 N–H and O–H groups in total. The van der Waals surface area contributed by atoms with Crippen LogP contribution in [-0.4, -0.2) is 73.1 Å². The molecule has 2 saturated heterocycles. The van der Waals surface area contributed by atoms with Crippen molar-refractivity contribution < 1.29 is 14.3 Å². The third-order valence-electron chi connectivity index (χ3n) is 4.14. The van der Waals surface area contributed by atoms with Gasteiger partial charge in [0.1, 0.15) is 6.61 Å². The lowest BCUT2D eigenvalue weighted by Crippen LogP contribution is -2.53. The first-order valence-corrected chi connectivity index (χ1v) is 7.51. The van der Waals surface area contributed by atoms with E-state index in [2.05, 4.69) is 0 Å². The van der Waals surface area contributed by atoms with Gasteiger partial charge in [-0.15, -0.1) is 0 Å². The monoisotopic (exact) mass is 303 g/mol. The van der Waals surface area contributed by atoms with E-state index in [9.17, 15) is 9.59 Å². The fourth-order valence-electron chi connectivity index (χ4n) is 3.05. The Morgan fingerprint density at radius 2 is 2.09 bits per heavy atom. The number of hydrogen-bond acceptors (Lipinski definition) is 4. The lowest BCUT2D eigenvalue weighted by molar-refractivity contribution is 0.0615. The van der Waals surface area contributed by atoms with Crippen molar-refractivity contribution in [2.24, 2.45) is 0 Å². The molecule has 1 aromatic rings. The number of ether oxygens (including phenoxy) is 1. The average Bonchev–Trinajstić information content (AvgIpc) is 2.87. The molecule has 0 radical (unpaired) electrons. The number of amides is 2. The van der Waals surface area contributed by atoms with Gasteiger partial charge in [0, 0.05) is 31.7 Å². The van der Waals surface area contributed by atoms with Crippen LogP contribution in [-0.2, 0) is 11.3 Å². The van der Waals surface area contributed by atoms with Crippen LogP contribution < -0.4 is 0 Å². The molecule has 0 aromatic heterocycles. The molecule has 0 bridgehead atoms. The summed E-state index contributed by atoms with van der Waals surface area (Å²) in [6.45, 7) is 2.75. The third kappa shape index (κ3) is 2.78. The molecular formula is C16H21N3O3. The summed E-state index contributed by atoms with van der Waals surface area (Å²) in [6.07, 6.45) is -0.259. The van der Waals surface area contributed by atoms with Crippen molar-refractivity contribution in [2.75, 3.05) is 40.3 Å². The second-order valence-electron chi connectivity index (χ2n) is 6.07. The minimum absolute atomic E-state index is 0.00814. The molecule has 2 aliphatic heterocycles. The van der Waals surface area contributed by atoms with E-state index >= 15 is 0 Å². The number of carbonyl (C=O) groups is 2. The maximum atomic E-state index is 12.8. The number of benzene rings is 1. The maximum absolute atomic E-state index is 12.8. The average molecular weight is 303 g/mol. The van der Waals surface area contributed by atoms with Gasteiger partial charge in [-0.1, -0.05) is 18.2 Å². The van der Waals surface area contributed by atoms with Crippen molar-refractivity contribution in [3.05, 3.63) is 35.4 Å². The number of nitrogens with zero attached hydrogens (tertiary/aromatic N) is 3. The second-order valence-corrected chi connectivity index (χ2v) is 6.07. The van der Waals surface area contributed by atoms with Gasteiger partial charge in [0.05, 0.1) is 6.04 Å². The van der Waals surface area contributed by atoms with Crippen LogP contribution in [0.4, 0.5) is 4.79 Å². The molecular weight excluding hydrogens is 282 g/mol. The molecule has 2 heterocycles. The smallest absolute Gasteiger partial charge is 0.410 e. The first kappa shape index (κ1) is 14.8. The molecule has 2 amide bonds. The third-order valence-corrected chi connectivity index (χ3v) is 4.14. The van der Waals surface area contributed by atoms with Gasteiger partial charge in [0.2, 0.25) is 0 Å². The van der Waals surface area contributed by atoms with Crippen LogP contribution in [0.2, 0.25) is 0 Å². The minimum atomic E-state index is -0.259. The van der Waals surface area contributed by atoms with Gasteiger partial charge in [-0.3, -0.25) is 9.69 Å². The lowest BCUT2D eigenvalue weighted by Gasteiger charge is -2.35. The van der Waals surface area contributed by atoms with E-state index in [0.29, 0.717) is 26.2 Å². The number of cyclic esters (lactones) is 1. The molecule has 118 valence electrons. The standard InChI is InChI=1S/C16H21N3O3/c1-17(2)9-12-5-3-4-6-14(12)15(20)18-7-8-19-13(10-18)11-22-16(19)21/h3-6,13H,7-11H2,1-2H3/t13-/m1/s1. The fraction of sp³-hybridized carbons (Fsp3) is 0.500. The molecule has 3 rings (SSSR count). The largest absolute Gasteiger partial charge is 0.447 e. The predicted molar refractivity (Wildman–Crippen MR) is 81.6 cm³/mol. The van der Waals surface area contributed by atoms with Crippen molar-refractivity contribution >= 4 is 12.0 Å². The summed E-state index contributed by atoms with van der Waals surface area (Å²) in [4.78, 5) is 30.0. The van der Waals surface area contributed by atoms with E-state index in [4.69, 9.17) is 4.74 Å². The van der Waals surface area contributed by atoms with E-state index in [0.717, 1.165) is 17.7 Å². The van der Waals surface area contributed by atoms with Crippen molar-refractivity contribution in [1.29, 1.82) is 0 Å². The van der Waals surface area contributed by atoms with Crippen molar-refractivity contribution in [1.82, 2.24) is 14.7 Å². The van der Waals surface area contributed by atoms with Gasteiger partial charge in [0.25, 0.3) is 5.91 Å². The highest BCUT2D eigenvalue weighted by molar-refractivity contribution is 5.96. The van der Waals surface area contributed by atoms with Crippen LogP contribution in [0.3, 0.4) is 0 Å². The Kier molecular flexibility index (Phi) is 4.02. The summed E-state index contributed by atoms with van der Waals surface area (Å²) in [6, 6.07) is 7.71. The molecule has 0 aliphatic carbocycles. The van der Waals surface area contributed by atoms with E-state index in [1.807, 2.05) is 48.2 Å². The molecule has 1 atom stereocenters. The van der Waals surface area contributed by atoms with Gasteiger partial charge in [-0.2, -0.15) is 0 Å². The topological polar surface area (TPSA) is 53.1 Å².